The van der Waals surface area contributed by atoms with Crippen LogP contribution in [0.4, 0.5) is 0 Å². The third-order valence-electron chi connectivity index (χ3n) is 6.97. The van der Waals surface area contributed by atoms with Crippen LogP contribution in [0.5, 0.6) is 0 Å². The largest absolute Gasteiger partial charge is 0.382 e. The lowest BCUT2D eigenvalue weighted by molar-refractivity contribution is 0.0488. The Bertz CT molecular complexity index is 1390. The predicted octanol–water partition coefficient (Wildman–Crippen LogP) is 7.40. The van der Waals surface area contributed by atoms with Crippen molar-refractivity contribution in [3.63, 3.8) is 0 Å². The van der Waals surface area contributed by atoms with E-state index in [1.807, 2.05) is 38.1 Å². The van der Waals surface area contributed by atoms with Crippen LogP contribution in [0.1, 0.15) is 90.3 Å². The molecule has 40 heavy (non-hydrogen) atoms. The van der Waals surface area contributed by atoms with Crippen molar-refractivity contribution >= 4 is 24.2 Å². The fraction of sp³-hybridized carbons (Fsp3) is 0.364. The third kappa shape index (κ3) is 6.75. The molecule has 0 aliphatic rings. The summed E-state index contributed by atoms with van der Waals surface area (Å²) in [5.41, 5.74) is 3.35. The molecule has 3 aromatic rings. The van der Waals surface area contributed by atoms with Gasteiger partial charge in [0.15, 0.2) is 5.78 Å². The van der Waals surface area contributed by atoms with Gasteiger partial charge in [-0.25, -0.2) is 0 Å². The quantitative estimate of drug-likeness (QED) is 0.149. The van der Waals surface area contributed by atoms with Gasteiger partial charge in [-0.2, -0.15) is 0 Å². The highest BCUT2D eigenvalue weighted by atomic mass is 31.2. The van der Waals surface area contributed by atoms with Crippen LogP contribution in [-0.4, -0.2) is 34.1 Å². The molecule has 0 bridgehead atoms. The van der Waals surface area contributed by atoms with Crippen molar-refractivity contribution in [1.82, 2.24) is 0 Å². The number of hydrogen-bond acceptors (Lipinski definition) is 6. The van der Waals surface area contributed by atoms with E-state index >= 15 is 0 Å². The van der Waals surface area contributed by atoms with Crippen molar-refractivity contribution in [1.29, 1.82) is 0 Å². The van der Waals surface area contributed by atoms with E-state index in [9.17, 15) is 24.1 Å². The van der Waals surface area contributed by atoms with E-state index in [1.54, 1.807) is 52.0 Å². The number of hydrogen-bond donors (Lipinski definition) is 1. The zero-order valence-electron chi connectivity index (χ0n) is 24.7. The molecule has 0 amide bonds. The Kier molecular flexibility index (Phi) is 9.51. The number of rotatable bonds is 11. The zero-order chi connectivity index (χ0) is 30.0. The molecule has 0 unspecified atom stereocenters. The van der Waals surface area contributed by atoms with Crippen LogP contribution in [0.15, 0.2) is 48.5 Å². The molecule has 212 valence electrons. The van der Waals surface area contributed by atoms with Gasteiger partial charge in [-0.05, 0) is 96.0 Å². The Hall–Kier alpha value is -3.18. The Morgan fingerprint density at radius 1 is 0.750 bits per heavy atom. The number of carbonyl (C=O) groups is 3. The minimum atomic E-state index is -4.49. The van der Waals surface area contributed by atoms with Gasteiger partial charge in [-0.3, -0.25) is 18.9 Å². The van der Waals surface area contributed by atoms with Crippen molar-refractivity contribution in [2.75, 3.05) is 6.61 Å². The molecule has 3 aromatic carbocycles. The van der Waals surface area contributed by atoms with E-state index in [1.165, 1.54) is 13.8 Å². The van der Waals surface area contributed by atoms with Crippen LogP contribution in [0.25, 0.3) is 0 Å². The standard InChI is InChI=1S/C33H39O6P/c1-20-16-22(3)28(23(4)17-20)31(35)40(38,32(36)29-24(5)18-21(2)19-25(29)6)39-15-9-10-26-11-13-27(14-12-26)30(34)33(7,8)37/h11-14,16-19,37H,9-10,15H2,1-8H3. The second kappa shape index (κ2) is 12.1. The number of aryl methyl sites for hydroxylation is 7. The van der Waals surface area contributed by atoms with Crippen LogP contribution < -0.4 is 0 Å². The van der Waals surface area contributed by atoms with Crippen LogP contribution in [-0.2, 0) is 15.5 Å². The van der Waals surface area contributed by atoms with Gasteiger partial charge in [0.1, 0.15) is 5.60 Å². The minimum absolute atomic E-state index is 0.0625. The summed E-state index contributed by atoms with van der Waals surface area (Å²) in [7, 11) is -4.49. The molecular weight excluding hydrogens is 523 g/mol. The van der Waals surface area contributed by atoms with Gasteiger partial charge >= 0.3 is 7.37 Å². The maximum atomic E-state index is 14.4. The van der Waals surface area contributed by atoms with E-state index in [4.69, 9.17) is 4.52 Å². The third-order valence-corrected chi connectivity index (χ3v) is 9.03. The first-order valence-electron chi connectivity index (χ1n) is 13.4. The first kappa shape index (κ1) is 31.3. The lowest BCUT2D eigenvalue weighted by Gasteiger charge is -2.21. The Labute approximate surface area is 237 Å². The molecule has 0 atom stereocenters. The minimum Gasteiger partial charge on any atom is -0.382 e. The molecule has 0 saturated carbocycles. The van der Waals surface area contributed by atoms with E-state index in [2.05, 4.69) is 0 Å². The maximum Gasteiger partial charge on any atom is 0.340 e. The number of ketones is 1. The summed E-state index contributed by atoms with van der Waals surface area (Å²) in [6.45, 7) is 13.8. The second-order valence-corrected chi connectivity index (χ2v) is 13.4. The average Bonchev–Trinajstić information content (AvgIpc) is 2.84. The van der Waals surface area contributed by atoms with E-state index in [0.717, 1.165) is 16.7 Å². The van der Waals surface area contributed by atoms with Crippen molar-refractivity contribution < 1.29 is 28.6 Å². The average molecular weight is 563 g/mol. The van der Waals surface area contributed by atoms with Crippen molar-refractivity contribution in [3.8, 4) is 0 Å². The molecule has 0 aromatic heterocycles. The fourth-order valence-electron chi connectivity index (χ4n) is 5.18. The van der Waals surface area contributed by atoms with Crippen LogP contribution in [0.2, 0.25) is 0 Å². The van der Waals surface area contributed by atoms with E-state index < -0.39 is 24.0 Å². The van der Waals surface area contributed by atoms with E-state index in [-0.39, 0.29) is 23.5 Å². The van der Waals surface area contributed by atoms with Crippen LogP contribution >= 0.6 is 7.37 Å². The molecule has 1 N–H and O–H groups in total. The summed E-state index contributed by atoms with van der Waals surface area (Å²) in [4.78, 5) is 40.1. The summed E-state index contributed by atoms with van der Waals surface area (Å²) in [6.07, 6.45) is 0.922. The first-order chi connectivity index (χ1) is 18.6. The van der Waals surface area contributed by atoms with Gasteiger partial charge in [0.05, 0.1) is 6.61 Å². The lowest BCUT2D eigenvalue weighted by atomic mass is 9.95. The monoisotopic (exact) mass is 562 g/mol. The summed E-state index contributed by atoms with van der Waals surface area (Å²) in [6, 6.07) is 14.2. The Balaban J connectivity index is 1.89. The van der Waals surface area contributed by atoms with Crippen LogP contribution in [0, 0.1) is 41.5 Å². The van der Waals surface area contributed by atoms with Crippen LogP contribution in [0.3, 0.4) is 0 Å². The molecule has 0 aliphatic carbocycles. The highest BCUT2D eigenvalue weighted by Gasteiger charge is 2.44. The summed E-state index contributed by atoms with van der Waals surface area (Å²) >= 11 is 0. The van der Waals surface area contributed by atoms with Crippen molar-refractivity contribution in [2.24, 2.45) is 0 Å². The van der Waals surface area contributed by atoms with Gasteiger partial charge in [-0.15, -0.1) is 0 Å². The number of Topliss-reactive ketones (excluding diaryl/α,β-unsaturated/α-hetero) is 1. The van der Waals surface area contributed by atoms with Gasteiger partial charge in [0.2, 0.25) is 0 Å². The van der Waals surface area contributed by atoms with Gasteiger partial charge in [0, 0.05) is 16.7 Å². The van der Waals surface area contributed by atoms with Crippen molar-refractivity contribution in [3.05, 3.63) is 104 Å². The molecule has 0 saturated heterocycles. The van der Waals surface area contributed by atoms with Gasteiger partial charge < -0.3 is 9.63 Å². The number of benzene rings is 3. The highest BCUT2D eigenvalue weighted by Crippen LogP contribution is 2.54. The fourth-order valence-corrected chi connectivity index (χ4v) is 7.28. The molecule has 0 spiro atoms. The molecule has 3 rings (SSSR count). The van der Waals surface area contributed by atoms with E-state index in [0.29, 0.717) is 40.7 Å². The first-order valence-corrected chi connectivity index (χ1v) is 15.0. The number of carbonyl (C=O) groups excluding carboxylic acids is 3. The summed E-state index contributed by atoms with van der Waals surface area (Å²) < 4.78 is 20.3. The maximum absolute atomic E-state index is 14.4. The molecule has 6 nitrogen and oxygen atoms in total. The second-order valence-electron chi connectivity index (χ2n) is 11.2. The molecular formula is C33H39O6P. The summed E-state index contributed by atoms with van der Waals surface area (Å²) in [5.74, 6) is -0.372. The SMILES string of the molecule is Cc1cc(C)c(C(=O)P(=O)(OCCCc2ccc(C(=O)C(C)(C)O)cc2)C(=O)c2c(C)cc(C)cc2C)c(C)c1. The topological polar surface area (TPSA) is 97.7 Å². The molecule has 0 aliphatic heterocycles. The molecule has 0 radical (unpaired) electrons. The smallest absolute Gasteiger partial charge is 0.340 e. The molecule has 0 heterocycles. The zero-order valence-corrected chi connectivity index (χ0v) is 25.6. The molecule has 0 fully saturated rings. The Morgan fingerprint density at radius 3 is 1.52 bits per heavy atom. The molecule has 7 heteroatoms. The van der Waals surface area contributed by atoms with Gasteiger partial charge in [-0.1, -0.05) is 59.7 Å². The lowest BCUT2D eigenvalue weighted by Crippen LogP contribution is -2.31. The van der Waals surface area contributed by atoms with Gasteiger partial charge in [0.25, 0.3) is 11.0 Å². The Morgan fingerprint density at radius 2 is 1.15 bits per heavy atom. The number of aliphatic hydroxyl groups is 1. The normalized spacial score (nSPS) is 11.9. The highest BCUT2D eigenvalue weighted by molar-refractivity contribution is 7.91. The van der Waals surface area contributed by atoms with Crippen molar-refractivity contribution in [2.45, 2.75) is 73.8 Å². The summed E-state index contributed by atoms with van der Waals surface area (Å²) in [5, 5.41) is 9.96. The predicted molar refractivity (Wildman–Crippen MR) is 159 cm³/mol.